The van der Waals surface area contributed by atoms with Crippen LogP contribution in [-0.4, -0.2) is 46.1 Å². The number of hydrogen-bond donors (Lipinski definition) is 1. The Balaban J connectivity index is 1.54. The third-order valence-electron chi connectivity index (χ3n) is 5.28. The van der Waals surface area contributed by atoms with E-state index in [1.54, 1.807) is 19.5 Å². The molecule has 0 fully saturated rings. The van der Waals surface area contributed by atoms with Gasteiger partial charge in [-0.15, -0.1) is 5.10 Å². The van der Waals surface area contributed by atoms with Crippen molar-refractivity contribution >= 4 is 17.8 Å². The van der Waals surface area contributed by atoms with Gasteiger partial charge in [-0.2, -0.15) is 4.68 Å². The lowest BCUT2D eigenvalue weighted by Gasteiger charge is -2.23. The third-order valence-corrected chi connectivity index (χ3v) is 5.71. The number of ether oxygens (including phenoxy) is 1. The van der Waals surface area contributed by atoms with Crippen molar-refractivity contribution in [2.24, 2.45) is 0 Å². The van der Waals surface area contributed by atoms with E-state index in [9.17, 15) is 0 Å². The van der Waals surface area contributed by atoms with Gasteiger partial charge in [-0.25, -0.2) is 0 Å². The number of quaternary nitrogens is 1. The molecule has 1 N–H and O–H groups in total. The summed E-state index contributed by atoms with van der Waals surface area (Å²) in [5.74, 6) is 0.867. The molecule has 1 aliphatic heterocycles. The predicted molar refractivity (Wildman–Crippen MR) is 116 cm³/mol. The first kappa shape index (κ1) is 19.7. The maximum atomic E-state index is 5.76. The van der Waals surface area contributed by atoms with E-state index in [0.717, 1.165) is 42.3 Å². The third kappa shape index (κ3) is 4.53. The Bertz CT molecular complexity index is 1030. The van der Waals surface area contributed by atoms with Gasteiger partial charge in [-0.05, 0) is 41.6 Å². The molecule has 3 aromatic rings. The van der Waals surface area contributed by atoms with E-state index in [1.807, 2.05) is 16.8 Å². The van der Waals surface area contributed by atoms with Crippen molar-refractivity contribution < 1.29 is 9.64 Å². The summed E-state index contributed by atoms with van der Waals surface area (Å²) in [6, 6.07) is 14.6. The van der Waals surface area contributed by atoms with Crippen molar-refractivity contribution in [3.8, 4) is 11.4 Å². The van der Waals surface area contributed by atoms with Crippen molar-refractivity contribution in [1.82, 2.24) is 19.3 Å². The summed E-state index contributed by atoms with van der Waals surface area (Å²) in [7, 11) is 1.70. The molecule has 4 rings (SSSR count). The Labute approximate surface area is 176 Å². The van der Waals surface area contributed by atoms with Gasteiger partial charge in [-0.3, -0.25) is 9.55 Å². The molecule has 1 aromatic carbocycles. The van der Waals surface area contributed by atoms with Crippen molar-refractivity contribution in [2.75, 3.05) is 26.8 Å². The lowest BCUT2D eigenvalue weighted by Crippen LogP contribution is -3.11. The molecule has 0 saturated heterocycles. The molecule has 0 saturated carbocycles. The van der Waals surface area contributed by atoms with Crippen LogP contribution in [0, 0.1) is 4.77 Å². The van der Waals surface area contributed by atoms with Gasteiger partial charge in [0.2, 0.25) is 4.77 Å². The molecule has 6 nitrogen and oxygen atoms in total. The fourth-order valence-electron chi connectivity index (χ4n) is 3.70. The van der Waals surface area contributed by atoms with E-state index in [4.69, 9.17) is 22.1 Å². The number of benzene rings is 1. The quantitative estimate of drug-likeness (QED) is 0.610. The molecule has 1 atom stereocenters. The zero-order valence-corrected chi connectivity index (χ0v) is 17.4. The Morgan fingerprint density at radius 1 is 1.10 bits per heavy atom. The molecule has 0 spiro atoms. The maximum Gasteiger partial charge on any atom is 0.203 e. The van der Waals surface area contributed by atoms with Crippen molar-refractivity contribution in [3.05, 3.63) is 71.3 Å². The summed E-state index contributed by atoms with van der Waals surface area (Å²) in [5, 5.41) is 4.85. The molecule has 3 heterocycles. The predicted octanol–water partition coefficient (Wildman–Crippen LogP) is 2.45. The largest absolute Gasteiger partial charge is 0.383 e. The van der Waals surface area contributed by atoms with Gasteiger partial charge in [-0.1, -0.05) is 30.3 Å². The molecular weight excluding hydrogens is 382 g/mol. The first-order chi connectivity index (χ1) is 14.3. The van der Waals surface area contributed by atoms with Crippen LogP contribution >= 0.6 is 12.2 Å². The van der Waals surface area contributed by atoms with E-state index >= 15 is 0 Å². The van der Waals surface area contributed by atoms with Gasteiger partial charge in [0.25, 0.3) is 0 Å². The Morgan fingerprint density at radius 3 is 2.59 bits per heavy atom. The van der Waals surface area contributed by atoms with Gasteiger partial charge in [0.05, 0.1) is 26.2 Å². The second-order valence-corrected chi connectivity index (χ2v) is 7.56. The monoisotopic (exact) mass is 408 g/mol. The van der Waals surface area contributed by atoms with Crippen LogP contribution < -0.4 is 4.90 Å². The second kappa shape index (κ2) is 9.26. The van der Waals surface area contributed by atoms with Crippen LogP contribution in [0.5, 0.6) is 0 Å². The topological polar surface area (TPSA) is 49.3 Å². The van der Waals surface area contributed by atoms with Crippen LogP contribution in [-0.2, 0) is 18.0 Å². The van der Waals surface area contributed by atoms with Crippen LogP contribution in [0.15, 0.2) is 60.9 Å². The van der Waals surface area contributed by atoms with Gasteiger partial charge < -0.3 is 9.64 Å². The first-order valence-electron chi connectivity index (χ1n) is 9.91. The summed E-state index contributed by atoms with van der Waals surface area (Å²) in [6.45, 7) is 4.08. The van der Waals surface area contributed by atoms with Crippen LogP contribution in [0.3, 0.4) is 0 Å². The number of hydrogen-bond acceptors (Lipinski definition) is 4. The number of nitrogens with zero attached hydrogens (tertiary/aromatic N) is 4. The van der Waals surface area contributed by atoms with Gasteiger partial charge >= 0.3 is 0 Å². The number of nitrogens with one attached hydrogen (secondary N) is 1. The summed E-state index contributed by atoms with van der Waals surface area (Å²) in [4.78, 5) is 5.57. The van der Waals surface area contributed by atoms with Gasteiger partial charge in [0.1, 0.15) is 0 Å². The van der Waals surface area contributed by atoms with E-state index in [2.05, 4.69) is 46.0 Å². The minimum absolute atomic E-state index is 0.595. The highest BCUT2D eigenvalue weighted by atomic mass is 32.1. The highest BCUT2D eigenvalue weighted by Crippen LogP contribution is 2.19. The van der Waals surface area contributed by atoms with Crippen LogP contribution in [0.25, 0.3) is 17.0 Å². The van der Waals surface area contributed by atoms with Crippen molar-refractivity contribution in [2.45, 2.75) is 19.6 Å². The van der Waals surface area contributed by atoms with Crippen LogP contribution in [0.2, 0.25) is 0 Å². The lowest BCUT2D eigenvalue weighted by atomic mass is 10.00. The Morgan fingerprint density at radius 2 is 1.90 bits per heavy atom. The highest BCUT2D eigenvalue weighted by molar-refractivity contribution is 7.71. The smallest absolute Gasteiger partial charge is 0.203 e. The Hall–Kier alpha value is -2.61. The van der Waals surface area contributed by atoms with Crippen LogP contribution in [0.4, 0.5) is 0 Å². The zero-order chi connectivity index (χ0) is 20.1. The zero-order valence-electron chi connectivity index (χ0n) is 16.6. The molecule has 0 radical (unpaired) electrons. The van der Waals surface area contributed by atoms with Gasteiger partial charge in [0.15, 0.2) is 12.5 Å². The minimum Gasteiger partial charge on any atom is -0.383 e. The number of pyridine rings is 1. The summed E-state index contributed by atoms with van der Waals surface area (Å²) < 4.78 is 10.0. The van der Waals surface area contributed by atoms with Crippen molar-refractivity contribution in [3.63, 3.8) is 0 Å². The Kier molecular flexibility index (Phi) is 6.29. The molecule has 0 amide bonds. The molecule has 1 unspecified atom stereocenters. The molecule has 0 aliphatic carbocycles. The highest BCUT2D eigenvalue weighted by Gasteiger charge is 2.19. The summed E-state index contributed by atoms with van der Waals surface area (Å²) in [6.07, 6.45) is 6.98. The van der Waals surface area contributed by atoms with E-state index in [1.165, 1.54) is 16.0 Å². The molecule has 29 heavy (non-hydrogen) atoms. The first-order valence-corrected chi connectivity index (χ1v) is 10.3. The standard InChI is InChI=1S/C22H25N5OS/c1-28-16-15-26-21(20-7-11-23-12-8-20)24-27(22(26)29)17-25-13-9-19(10-14-25)18-5-3-2-4-6-18/h2-9,11-12H,10,13-17H2,1H3/p+1. The van der Waals surface area contributed by atoms with E-state index in [-0.39, 0.29) is 0 Å². The summed E-state index contributed by atoms with van der Waals surface area (Å²) >= 11 is 5.76. The SMILES string of the molecule is COCCn1c(-c2ccncc2)nn(C[NH+]2CC=C(c3ccccc3)CC2)c1=S. The average molecular weight is 409 g/mol. The van der Waals surface area contributed by atoms with E-state index < -0.39 is 0 Å². The number of aromatic nitrogens is 4. The lowest BCUT2D eigenvalue weighted by molar-refractivity contribution is -0.918. The molecule has 1 aliphatic rings. The number of rotatable bonds is 7. The van der Waals surface area contributed by atoms with Crippen LogP contribution in [0.1, 0.15) is 12.0 Å². The molecule has 7 heteroatoms. The molecule has 0 bridgehead atoms. The molecule has 2 aromatic heterocycles. The maximum absolute atomic E-state index is 5.76. The van der Waals surface area contributed by atoms with Gasteiger partial charge in [0, 0.05) is 31.5 Å². The number of methoxy groups -OCH3 is 1. The second-order valence-electron chi connectivity index (χ2n) is 7.19. The minimum atomic E-state index is 0.595. The van der Waals surface area contributed by atoms with E-state index in [0.29, 0.717) is 13.2 Å². The molecular formula is C22H26N5OS+. The summed E-state index contributed by atoms with van der Waals surface area (Å²) in [5.41, 5.74) is 3.77. The normalized spacial score (nSPS) is 16.6. The average Bonchev–Trinajstić information content (AvgIpc) is 3.09. The van der Waals surface area contributed by atoms with Crippen molar-refractivity contribution in [1.29, 1.82) is 0 Å². The molecule has 150 valence electrons. The fraction of sp³-hybridized carbons (Fsp3) is 0.318. The fourth-order valence-corrected chi connectivity index (χ4v) is 3.98.